The van der Waals surface area contributed by atoms with Gasteiger partial charge in [-0.3, -0.25) is 4.79 Å². The average Bonchev–Trinajstić information content (AvgIpc) is 3.09. The van der Waals surface area contributed by atoms with Crippen LogP contribution in [0, 0.1) is 0 Å². The van der Waals surface area contributed by atoms with Gasteiger partial charge in [-0.25, -0.2) is 0 Å². The fraction of sp³-hybridized carbons (Fsp3) is 0.250. The van der Waals surface area contributed by atoms with Gasteiger partial charge in [-0.1, -0.05) is 24.3 Å². The number of carbonyl (C=O) groups excluding carboxylic acids is 1. The van der Waals surface area contributed by atoms with Crippen molar-refractivity contribution in [2.45, 2.75) is 6.42 Å². The minimum atomic E-state index is 0. The van der Waals surface area contributed by atoms with Crippen molar-refractivity contribution in [1.82, 2.24) is 10.3 Å². The van der Waals surface area contributed by atoms with Gasteiger partial charge in [0, 0.05) is 22.7 Å². The quantitative estimate of drug-likeness (QED) is 0.467. The molecular weight excluding hydrogens is 352 g/mol. The summed E-state index contributed by atoms with van der Waals surface area (Å²) in [6.07, 6.45) is 2.59. The second-order valence-electron chi connectivity index (χ2n) is 5.79. The van der Waals surface area contributed by atoms with Crippen LogP contribution in [0.15, 0.2) is 48.7 Å². The van der Waals surface area contributed by atoms with Crippen LogP contribution in [-0.2, 0) is 6.42 Å². The number of aromatic nitrogens is 1. The molecule has 0 radical (unpaired) electrons. The van der Waals surface area contributed by atoms with Crippen molar-refractivity contribution >= 4 is 29.1 Å². The van der Waals surface area contributed by atoms with Crippen molar-refractivity contribution in [3.63, 3.8) is 0 Å². The van der Waals surface area contributed by atoms with Crippen LogP contribution < -0.4 is 14.8 Å². The van der Waals surface area contributed by atoms with Crippen LogP contribution in [0.5, 0.6) is 11.5 Å². The predicted octanol–water partition coefficient (Wildman–Crippen LogP) is 3.62. The molecular formula is C20H23ClN2O3. The maximum absolute atomic E-state index is 12.4. The summed E-state index contributed by atoms with van der Waals surface area (Å²) in [7, 11) is 3.25. The van der Waals surface area contributed by atoms with Gasteiger partial charge in [-0.2, -0.15) is 0 Å². The molecule has 0 saturated carbocycles. The minimum Gasteiger partial charge on any atom is -0.493 e. The first-order valence-corrected chi connectivity index (χ1v) is 8.24. The van der Waals surface area contributed by atoms with Gasteiger partial charge in [0.15, 0.2) is 17.3 Å². The maximum Gasteiger partial charge on any atom is 0.178 e. The van der Waals surface area contributed by atoms with E-state index >= 15 is 0 Å². The summed E-state index contributed by atoms with van der Waals surface area (Å²) < 4.78 is 10.5. The molecule has 0 amide bonds. The highest BCUT2D eigenvalue weighted by Crippen LogP contribution is 2.27. The second kappa shape index (κ2) is 9.27. The number of benzene rings is 2. The average molecular weight is 375 g/mol. The minimum absolute atomic E-state index is 0. The Balaban J connectivity index is 0.00000243. The van der Waals surface area contributed by atoms with Crippen LogP contribution in [0.1, 0.15) is 15.9 Å². The number of carbonyl (C=O) groups is 1. The molecule has 6 heteroatoms. The SMILES string of the molecule is COc1ccc(CCNCC(=O)c2c[nH]c3ccccc23)cc1OC.Cl. The third-order valence-electron chi connectivity index (χ3n) is 4.21. The molecule has 0 aliphatic rings. The number of hydrogen-bond donors (Lipinski definition) is 2. The van der Waals surface area contributed by atoms with Crippen molar-refractivity contribution in [1.29, 1.82) is 0 Å². The number of ketones is 1. The third-order valence-corrected chi connectivity index (χ3v) is 4.21. The number of H-pyrrole nitrogens is 1. The molecule has 5 nitrogen and oxygen atoms in total. The van der Waals surface area contributed by atoms with E-state index in [4.69, 9.17) is 9.47 Å². The van der Waals surface area contributed by atoms with Gasteiger partial charge in [-0.15, -0.1) is 12.4 Å². The lowest BCUT2D eigenvalue weighted by Crippen LogP contribution is -2.25. The van der Waals surface area contributed by atoms with Gasteiger partial charge in [0.2, 0.25) is 0 Å². The molecule has 3 rings (SSSR count). The Bertz CT molecular complexity index is 876. The first-order chi connectivity index (χ1) is 12.2. The van der Waals surface area contributed by atoms with Crippen LogP contribution in [0.3, 0.4) is 0 Å². The van der Waals surface area contributed by atoms with Crippen LogP contribution in [-0.4, -0.2) is 38.1 Å². The molecule has 3 aromatic rings. The molecule has 0 fully saturated rings. The lowest BCUT2D eigenvalue weighted by atomic mass is 10.1. The summed E-state index contributed by atoms with van der Waals surface area (Å²) in [6.45, 7) is 1.03. The van der Waals surface area contributed by atoms with E-state index in [9.17, 15) is 4.79 Å². The molecule has 0 spiro atoms. The van der Waals surface area contributed by atoms with Gasteiger partial charge in [0.25, 0.3) is 0 Å². The van der Waals surface area contributed by atoms with E-state index in [2.05, 4.69) is 10.3 Å². The Labute approximate surface area is 159 Å². The van der Waals surface area contributed by atoms with E-state index < -0.39 is 0 Å². The Morgan fingerprint density at radius 3 is 2.62 bits per heavy atom. The van der Waals surface area contributed by atoms with Gasteiger partial charge >= 0.3 is 0 Å². The number of Topliss-reactive ketones (excluding diaryl/α,β-unsaturated/α-hetero) is 1. The first kappa shape index (κ1) is 19.8. The fourth-order valence-electron chi connectivity index (χ4n) is 2.87. The van der Waals surface area contributed by atoms with Crippen molar-refractivity contribution in [3.05, 3.63) is 59.8 Å². The molecule has 2 aromatic carbocycles. The zero-order valence-corrected chi connectivity index (χ0v) is 15.7. The monoisotopic (exact) mass is 374 g/mol. The summed E-state index contributed by atoms with van der Waals surface area (Å²) in [4.78, 5) is 15.5. The standard InChI is InChI=1S/C20H22N2O3.ClH/c1-24-19-8-7-14(11-20(19)25-2)9-10-21-13-18(23)16-12-22-17-6-4-3-5-15(16)17;/h3-8,11-12,21-22H,9-10,13H2,1-2H3;1H. The number of ether oxygens (including phenoxy) is 2. The Morgan fingerprint density at radius 2 is 1.85 bits per heavy atom. The van der Waals surface area contributed by atoms with Crippen molar-refractivity contribution in [2.24, 2.45) is 0 Å². The lowest BCUT2D eigenvalue weighted by Gasteiger charge is -2.10. The summed E-state index contributed by atoms with van der Waals surface area (Å²) in [5, 5.41) is 4.18. The fourth-order valence-corrected chi connectivity index (χ4v) is 2.87. The van der Waals surface area contributed by atoms with Gasteiger partial charge in [-0.05, 0) is 36.7 Å². The number of fused-ring (bicyclic) bond motifs is 1. The molecule has 138 valence electrons. The van der Waals surface area contributed by atoms with E-state index in [1.165, 1.54) is 0 Å². The summed E-state index contributed by atoms with van der Waals surface area (Å²) in [5.74, 6) is 1.52. The molecule has 0 aliphatic carbocycles. The number of methoxy groups -OCH3 is 2. The molecule has 0 saturated heterocycles. The highest BCUT2D eigenvalue weighted by Gasteiger charge is 2.11. The van der Waals surface area contributed by atoms with Crippen LogP contribution in [0.4, 0.5) is 0 Å². The number of hydrogen-bond acceptors (Lipinski definition) is 4. The van der Waals surface area contributed by atoms with E-state index in [0.29, 0.717) is 18.8 Å². The normalized spacial score (nSPS) is 10.4. The summed E-state index contributed by atoms with van der Waals surface area (Å²) in [5.41, 5.74) is 2.84. The number of para-hydroxylation sites is 1. The number of nitrogens with one attached hydrogen (secondary N) is 2. The van der Waals surface area contributed by atoms with Gasteiger partial charge < -0.3 is 19.8 Å². The predicted molar refractivity (Wildman–Crippen MR) is 106 cm³/mol. The van der Waals surface area contributed by atoms with Crippen molar-refractivity contribution in [3.8, 4) is 11.5 Å². The highest BCUT2D eigenvalue weighted by atomic mass is 35.5. The van der Waals surface area contributed by atoms with Gasteiger partial charge in [0.1, 0.15) is 0 Å². The maximum atomic E-state index is 12.4. The molecule has 0 bridgehead atoms. The lowest BCUT2D eigenvalue weighted by molar-refractivity contribution is 0.0993. The molecule has 0 atom stereocenters. The number of halogens is 1. The topological polar surface area (TPSA) is 63.3 Å². The summed E-state index contributed by atoms with van der Waals surface area (Å²) in [6, 6.07) is 13.7. The van der Waals surface area contributed by atoms with Crippen LogP contribution in [0.2, 0.25) is 0 Å². The Kier molecular flexibility index (Phi) is 7.06. The smallest absolute Gasteiger partial charge is 0.178 e. The van der Waals surface area contributed by atoms with Gasteiger partial charge in [0.05, 0.1) is 20.8 Å². The molecule has 1 heterocycles. The third kappa shape index (κ3) is 4.36. The zero-order valence-electron chi connectivity index (χ0n) is 14.9. The Morgan fingerprint density at radius 1 is 1.08 bits per heavy atom. The van der Waals surface area contributed by atoms with E-state index in [1.807, 2.05) is 42.5 Å². The second-order valence-corrected chi connectivity index (χ2v) is 5.79. The first-order valence-electron chi connectivity index (χ1n) is 8.24. The van der Waals surface area contributed by atoms with E-state index in [1.54, 1.807) is 20.4 Å². The molecule has 2 N–H and O–H groups in total. The van der Waals surface area contributed by atoms with Crippen LogP contribution >= 0.6 is 12.4 Å². The van der Waals surface area contributed by atoms with Crippen molar-refractivity contribution < 1.29 is 14.3 Å². The van der Waals surface area contributed by atoms with Crippen molar-refractivity contribution in [2.75, 3.05) is 27.3 Å². The Hall–Kier alpha value is -2.50. The molecule has 26 heavy (non-hydrogen) atoms. The molecule has 0 aliphatic heterocycles. The highest BCUT2D eigenvalue weighted by molar-refractivity contribution is 6.08. The van der Waals surface area contributed by atoms with Crippen LogP contribution in [0.25, 0.3) is 10.9 Å². The molecule has 0 unspecified atom stereocenters. The molecule has 1 aromatic heterocycles. The largest absolute Gasteiger partial charge is 0.493 e. The zero-order chi connectivity index (χ0) is 17.6. The van der Waals surface area contributed by atoms with E-state index in [0.717, 1.165) is 34.2 Å². The van der Waals surface area contributed by atoms with E-state index in [-0.39, 0.29) is 18.2 Å². The number of aromatic amines is 1. The summed E-state index contributed by atoms with van der Waals surface area (Å²) >= 11 is 0. The number of rotatable bonds is 8.